The number of nitriles is 1. The molecule has 0 unspecified atom stereocenters. The molecule has 0 atom stereocenters. The van der Waals surface area contributed by atoms with Crippen LogP contribution in [0.3, 0.4) is 0 Å². The van der Waals surface area contributed by atoms with Crippen LogP contribution in [-0.2, 0) is 0 Å². The Labute approximate surface area is 123 Å². The van der Waals surface area contributed by atoms with E-state index in [1.54, 1.807) is 0 Å². The molecule has 0 fully saturated rings. The fourth-order valence-corrected chi connectivity index (χ4v) is 0.974. The Morgan fingerprint density at radius 2 is 1.83 bits per heavy atom. The first-order chi connectivity index (χ1) is 5.15. The third-order valence-corrected chi connectivity index (χ3v) is 1.75. The van der Waals surface area contributed by atoms with Gasteiger partial charge in [-0.2, -0.15) is 5.26 Å². The summed E-state index contributed by atoms with van der Waals surface area (Å²) in [6.07, 6.45) is 0. The standard InChI is InChI=1S/C7H3Cl2NO.K/c8-5-2-7(11)6(9)1-4(5)3-10;/h1-2,11H;/q;+1/p-1. The van der Waals surface area contributed by atoms with Gasteiger partial charge in [-0.25, -0.2) is 0 Å². The summed E-state index contributed by atoms with van der Waals surface area (Å²) in [4.78, 5) is 0. The van der Waals surface area contributed by atoms with E-state index in [2.05, 4.69) is 0 Å². The van der Waals surface area contributed by atoms with Gasteiger partial charge in [-0.15, -0.1) is 0 Å². The molecule has 0 aliphatic heterocycles. The van der Waals surface area contributed by atoms with Crippen molar-refractivity contribution in [3.05, 3.63) is 27.7 Å². The molecular weight excluding hydrogens is 224 g/mol. The first-order valence-electron chi connectivity index (χ1n) is 2.71. The maximum atomic E-state index is 10.8. The number of rotatable bonds is 0. The SMILES string of the molecule is N#Cc1cc(Cl)c([O-])cc1Cl.[K+]. The van der Waals surface area contributed by atoms with Gasteiger partial charge in [0, 0.05) is 5.02 Å². The molecule has 0 spiro atoms. The van der Waals surface area contributed by atoms with Crippen molar-refractivity contribution in [3.8, 4) is 11.8 Å². The molecule has 2 nitrogen and oxygen atoms in total. The fourth-order valence-electron chi connectivity index (χ4n) is 0.614. The molecule has 56 valence electrons. The van der Waals surface area contributed by atoms with Gasteiger partial charge in [0.05, 0.1) is 10.6 Å². The molecule has 1 aromatic carbocycles. The molecule has 0 N–H and O–H groups in total. The Balaban J connectivity index is 0.00000121. The predicted octanol–water partition coefficient (Wildman–Crippen LogP) is -1.06. The van der Waals surface area contributed by atoms with Crippen molar-refractivity contribution in [1.29, 1.82) is 5.26 Å². The number of halogens is 2. The van der Waals surface area contributed by atoms with Crippen LogP contribution in [0.5, 0.6) is 5.75 Å². The second-order valence-electron chi connectivity index (χ2n) is 1.87. The van der Waals surface area contributed by atoms with Crippen molar-refractivity contribution in [2.75, 3.05) is 0 Å². The van der Waals surface area contributed by atoms with Gasteiger partial charge in [0.25, 0.3) is 0 Å². The van der Waals surface area contributed by atoms with E-state index in [0.29, 0.717) is 0 Å². The molecule has 0 saturated heterocycles. The zero-order chi connectivity index (χ0) is 8.43. The minimum Gasteiger partial charge on any atom is -0.871 e. The van der Waals surface area contributed by atoms with Gasteiger partial charge in [-0.05, 0) is 12.1 Å². The van der Waals surface area contributed by atoms with Crippen LogP contribution in [0.2, 0.25) is 10.0 Å². The Morgan fingerprint density at radius 3 is 2.33 bits per heavy atom. The van der Waals surface area contributed by atoms with E-state index in [-0.39, 0.29) is 72.7 Å². The van der Waals surface area contributed by atoms with E-state index in [1.165, 1.54) is 6.07 Å². The van der Waals surface area contributed by atoms with Gasteiger partial charge in [0.2, 0.25) is 0 Å². The molecule has 0 amide bonds. The number of benzene rings is 1. The summed E-state index contributed by atoms with van der Waals surface area (Å²) in [5.74, 6) is -0.365. The van der Waals surface area contributed by atoms with Crippen LogP contribution in [0.15, 0.2) is 12.1 Å². The first-order valence-corrected chi connectivity index (χ1v) is 3.47. The average molecular weight is 226 g/mol. The third-order valence-electron chi connectivity index (χ3n) is 1.14. The van der Waals surface area contributed by atoms with Gasteiger partial charge < -0.3 is 5.11 Å². The van der Waals surface area contributed by atoms with Gasteiger partial charge in [-0.3, -0.25) is 0 Å². The van der Waals surface area contributed by atoms with Crippen LogP contribution in [0.4, 0.5) is 0 Å². The molecule has 12 heavy (non-hydrogen) atoms. The smallest absolute Gasteiger partial charge is 0.871 e. The van der Waals surface area contributed by atoms with Gasteiger partial charge in [0.1, 0.15) is 6.07 Å². The van der Waals surface area contributed by atoms with Gasteiger partial charge >= 0.3 is 51.4 Å². The van der Waals surface area contributed by atoms with Gasteiger partial charge in [-0.1, -0.05) is 29.0 Å². The van der Waals surface area contributed by atoms with E-state index in [0.717, 1.165) is 6.07 Å². The normalized spacial score (nSPS) is 8.42. The molecule has 1 rings (SSSR count). The van der Waals surface area contributed by atoms with Crippen molar-refractivity contribution in [1.82, 2.24) is 0 Å². The number of hydrogen-bond donors (Lipinski definition) is 0. The van der Waals surface area contributed by atoms with E-state index < -0.39 is 0 Å². The van der Waals surface area contributed by atoms with Crippen molar-refractivity contribution < 1.29 is 56.5 Å². The van der Waals surface area contributed by atoms with E-state index in [9.17, 15) is 5.11 Å². The summed E-state index contributed by atoms with van der Waals surface area (Å²) in [5, 5.41) is 19.4. The quantitative estimate of drug-likeness (QED) is 0.529. The molecule has 0 radical (unpaired) electrons. The van der Waals surface area contributed by atoms with Crippen LogP contribution >= 0.6 is 23.2 Å². The molecule has 0 aliphatic carbocycles. The summed E-state index contributed by atoms with van der Waals surface area (Å²) in [6, 6.07) is 4.19. The second-order valence-corrected chi connectivity index (χ2v) is 2.69. The Morgan fingerprint density at radius 1 is 1.25 bits per heavy atom. The maximum Gasteiger partial charge on any atom is 1.00 e. The largest absolute Gasteiger partial charge is 1.00 e. The van der Waals surface area contributed by atoms with E-state index in [1.807, 2.05) is 6.07 Å². The summed E-state index contributed by atoms with van der Waals surface area (Å²) in [7, 11) is 0. The zero-order valence-electron chi connectivity index (χ0n) is 6.27. The molecule has 0 heterocycles. The topological polar surface area (TPSA) is 46.8 Å². The molecule has 0 aliphatic rings. The van der Waals surface area contributed by atoms with Crippen molar-refractivity contribution in [3.63, 3.8) is 0 Å². The summed E-state index contributed by atoms with van der Waals surface area (Å²) < 4.78 is 0. The van der Waals surface area contributed by atoms with E-state index in [4.69, 9.17) is 28.5 Å². The summed E-state index contributed by atoms with van der Waals surface area (Å²) >= 11 is 11.0. The summed E-state index contributed by atoms with van der Waals surface area (Å²) in [6.45, 7) is 0. The van der Waals surface area contributed by atoms with Crippen LogP contribution in [0.25, 0.3) is 0 Å². The average Bonchev–Trinajstić information content (AvgIpc) is 1.97. The van der Waals surface area contributed by atoms with Gasteiger partial charge in [0.15, 0.2) is 0 Å². The zero-order valence-corrected chi connectivity index (χ0v) is 10.9. The second kappa shape index (κ2) is 5.46. The van der Waals surface area contributed by atoms with Crippen molar-refractivity contribution in [2.24, 2.45) is 0 Å². The molecule has 0 bridgehead atoms. The van der Waals surface area contributed by atoms with Crippen LogP contribution in [0, 0.1) is 11.3 Å². The van der Waals surface area contributed by atoms with Crippen LogP contribution in [0.1, 0.15) is 5.56 Å². The molecule has 5 heteroatoms. The first kappa shape index (κ1) is 12.7. The Hall–Kier alpha value is 0.726. The Kier molecular flexibility index (Phi) is 5.79. The fraction of sp³-hybridized carbons (Fsp3) is 0. The molecule has 1 aromatic rings. The maximum absolute atomic E-state index is 10.8. The molecule has 0 aromatic heterocycles. The number of nitrogens with zero attached hydrogens (tertiary/aromatic N) is 1. The minimum atomic E-state index is -0.365. The van der Waals surface area contributed by atoms with Crippen molar-refractivity contribution in [2.45, 2.75) is 0 Å². The minimum absolute atomic E-state index is 0. The summed E-state index contributed by atoms with van der Waals surface area (Å²) in [5.41, 5.74) is 0.219. The van der Waals surface area contributed by atoms with Crippen LogP contribution < -0.4 is 56.5 Å². The molecule has 0 saturated carbocycles. The van der Waals surface area contributed by atoms with E-state index >= 15 is 0 Å². The number of hydrogen-bond acceptors (Lipinski definition) is 2. The predicted molar refractivity (Wildman–Crippen MR) is 40.6 cm³/mol. The van der Waals surface area contributed by atoms with Crippen molar-refractivity contribution >= 4 is 23.2 Å². The molecular formula is C7H2Cl2KNO. The third kappa shape index (κ3) is 2.89. The van der Waals surface area contributed by atoms with Crippen LogP contribution in [-0.4, -0.2) is 0 Å². The monoisotopic (exact) mass is 225 g/mol. The Bertz CT molecular complexity index is 335.